The van der Waals surface area contributed by atoms with Gasteiger partial charge in [0.1, 0.15) is 5.82 Å². The molecular formula is C21H35IN6O2. The van der Waals surface area contributed by atoms with Crippen molar-refractivity contribution >= 4 is 41.7 Å². The highest BCUT2D eigenvalue weighted by Crippen LogP contribution is 2.28. The topological polar surface area (TPSA) is 73.3 Å². The third kappa shape index (κ3) is 7.90. The van der Waals surface area contributed by atoms with Crippen molar-refractivity contribution in [3.05, 3.63) is 24.4 Å². The summed E-state index contributed by atoms with van der Waals surface area (Å²) in [5.74, 6) is 2.75. The van der Waals surface area contributed by atoms with Crippen LogP contribution in [-0.4, -0.2) is 93.2 Å². The molecule has 2 heterocycles. The Labute approximate surface area is 197 Å². The summed E-state index contributed by atoms with van der Waals surface area (Å²) in [5, 5.41) is 3.29. The zero-order valence-electron chi connectivity index (χ0n) is 18.1. The number of nitrogens with one attached hydrogen (secondary N) is 1. The minimum atomic E-state index is 0. The lowest BCUT2D eigenvalue weighted by molar-refractivity contribution is -0.131. The third-order valence-electron chi connectivity index (χ3n) is 5.42. The SMILES string of the molecule is CN=C(NCCC(=O)N1CCN(c2ccccn2)CC1)N(C)CCOCC1CC1.I. The van der Waals surface area contributed by atoms with Crippen molar-refractivity contribution in [2.24, 2.45) is 10.9 Å². The van der Waals surface area contributed by atoms with E-state index in [0.717, 1.165) is 57.0 Å². The van der Waals surface area contributed by atoms with Gasteiger partial charge in [0.05, 0.1) is 6.61 Å². The lowest BCUT2D eigenvalue weighted by Crippen LogP contribution is -2.49. The van der Waals surface area contributed by atoms with Crippen LogP contribution < -0.4 is 10.2 Å². The van der Waals surface area contributed by atoms with Crippen LogP contribution in [-0.2, 0) is 9.53 Å². The highest BCUT2D eigenvalue weighted by Gasteiger charge is 2.22. The van der Waals surface area contributed by atoms with Crippen molar-refractivity contribution < 1.29 is 9.53 Å². The molecule has 0 unspecified atom stereocenters. The number of anilines is 1. The maximum atomic E-state index is 12.5. The van der Waals surface area contributed by atoms with Crippen LogP contribution in [0.5, 0.6) is 0 Å². The van der Waals surface area contributed by atoms with Gasteiger partial charge in [-0.15, -0.1) is 24.0 Å². The lowest BCUT2D eigenvalue weighted by Gasteiger charge is -2.35. The molecule has 0 atom stereocenters. The Hall–Kier alpha value is -1.62. The van der Waals surface area contributed by atoms with Crippen molar-refractivity contribution in [3.63, 3.8) is 0 Å². The molecule has 1 amide bonds. The number of pyridine rings is 1. The second-order valence-electron chi connectivity index (χ2n) is 7.72. The van der Waals surface area contributed by atoms with Crippen molar-refractivity contribution in [2.45, 2.75) is 19.3 Å². The van der Waals surface area contributed by atoms with Gasteiger partial charge >= 0.3 is 0 Å². The van der Waals surface area contributed by atoms with Crippen molar-refractivity contribution in [1.29, 1.82) is 0 Å². The van der Waals surface area contributed by atoms with E-state index in [4.69, 9.17) is 4.74 Å². The standard InChI is InChI=1S/C21H34N6O2.HI/c1-22-21(25(2)15-16-29-17-18-6-7-18)24-10-8-20(28)27-13-11-26(12-14-27)19-5-3-4-9-23-19;/h3-5,9,18H,6-8,10-17H2,1-2H3,(H,22,24);1H. The van der Waals surface area contributed by atoms with Gasteiger partial charge in [-0.05, 0) is 30.9 Å². The fraction of sp³-hybridized carbons (Fsp3) is 0.667. The maximum absolute atomic E-state index is 12.5. The minimum Gasteiger partial charge on any atom is -0.379 e. The molecule has 9 heteroatoms. The molecule has 8 nitrogen and oxygen atoms in total. The van der Waals surface area contributed by atoms with Gasteiger partial charge in [-0.25, -0.2) is 4.98 Å². The van der Waals surface area contributed by atoms with Crippen LogP contribution in [0.4, 0.5) is 5.82 Å². The number of aromatic nitrogens is 1. The van der Waals surface area contributed by atoms with Gasteiger partial charge in [-0.2, -0.15) is 0 Å². The summed E-state index contributed by atoms with van der Waals surface area (Å²) in [6, 6.07) is 5.93. The van der Waals surface area contributed by atoms with Gasteiger partial charge in [-0.3, -0.25) is 9.79 Å². The number of rotatable bonds is 9. The Morgan fingerprint density at radius 2 is 2.07 bits per heavy atom. The van der Waals surface area contributed by atoms with Gasteiger partial charge < -0.3 is 24.8 Å². The monoisotopic (exact) mass is 530 g/mol. The molecule has 2 fully saturated rings. The highest BCUT2D eigenvalue weighted by molar-refractivity contribution is 14.0. The first-order valence-electron chi connectivity index (χ1n) is 10.6. The number of likely N-dealkylation sites (N-methyl/N-ethyl adjacent to an activating group) is 1. The molecular weight excluding hydrogens is 495 g/mol. The van der Waals surface area contributed by atoms with E-state index in [2.05, 4.69) is 20.2 Å². The number of hydrogen-bond donors (Lipinski definition) is 1. The van der Waals surface area contributed by atoms with Crippen molar-refractivity contribution in [3.8, 4) is 0 Å². The average Bonchev–Trinajstić information content (AvgIpc) is 3.59. The van der Waals surface area contributed by atoms with Crippen LogP contribution in [0.15, 0.2) is 29.4 Å². The Morgan fingerprint density at radius 1 is 1.30 bits per heavy atom. The first-order valence-corrected chi connectivity index (χ1v) is 10.6. The Bertz CT molecular complexity index is 663. The number of aliphatic imine (C=N–C) groups is 1. The molecule has 1 aromatic heterocycles. The zero-order chi connectivity index (χ0) is 20.5. The average molecular weight is 530 g/mol. The summed E-state index contributed by atoms with van der Waals surface area (Å²) < 4.78 is 5.69. The normalized spacial score (nSPS) is 16.8. The summed E-state index contributed by atoms with van der Waals surface area (Å²) in [6.07, 6.45) is 4.90. The second kappa shape index (κ2) is 12.9. The number of piperazine rings is 1. The number of halogens is 1. The second-order valence-corrected chi connectivity index (χ2v) is 7.72. The molecule has 2 aliphatic rings. The predicted molar refractivity (Wildman–Crippen MR) is 131 cm³/mol. The summed E-state index contributed by atoms with van der Waals surface area (Å²) in [4.78, 5) is 27.5. The van der Waals surface area contributed by atoms with Crippen LogP contribution >= 0.6 is 24.0 Å². The molecule has 1 aliphatic carbocycles. The largest absolute Gasteiger partial charge is 0.379 e. The van der Waals surface area contributed by atoms with Gasteiger partial charge in [0.15, 0.2) is 5.96 Å². The first-order chi connectivity index (χ1) is 14.2. The Kier molecular flexibility index (Phi) is 10.6. The fourth-order valence-corrected chi connectivity index (χ4v) is 3.39. The zero-order valence-corrected chi connectivity index (χ0v) is 20.5. The van der Waals surface area contributed by atoms with Crippen molar-refractivity contribution in [1.82, 2.24) is 20.1 Å². The lowest BCUT2D eigenvalue weighted by atomic mass is 10.2. The highest BCUT2D eigenvalue weighted by atomic mass is 127. The van der Waals surface area contributed by atoms with Crippen LogP contribution in [0.3, 0.4) is 0 Å². The third-order valence-corrected chi connectivity index (χ3v) is 5.42. The van der Waals surface area contributed by atoms with Crippen LogP contribution in [0.1, 0.15) is 19.3 Å². The molecule has 168 valence electrons. The molecule has 1 N–H and O–H groups in total. The molecule has 0 radical (unpaired) electrons. The van der Waals surface area contributed by atoms with Gasteiger partial charge in [0.25, 0.3) is 0 Å². The molecule has 0 spiro atoms. The Balaban J connectivity index is 0.00000320. The summed E-state index contributed by atoms with van der Waals surface area (Å²) in [7, 11) is 3.76. The number of carbonyl (C=O) groups is 1. The number of amides is 1. The van der Waals surface area contributed by atoms with E-state index < -0.39 is 0 Å². The number of hydrogen-bond acceptors (Lipinski definition) is 5. The summed E-state index contributed by atoms with van der Waals surface area (Å²) >= 11 is 0. The maximum Gasteiger partial charge on any atom is 0.224 e. The van der Waals surface area contributed by atoms with E-state index in [9.17, 15) is 4.79 Å². The van der Waals surface area contributed by atoms with E-state index in [-0.39, 0.29) is 29.9 Å². The molecule has 0 aromatic carbocycles. The fourth-order valence-electron chi connectivity index (χ4n) is 3.39. The van der Waals surface area contributed by atoms with E-state index in [1.165, 1.54) is 12.8 Å². The molecule has 1 aromatic rings. The molecule has 1 saturated carbocycles. The smallest absolute Gasteiger partial charge is 0.224 e. The van der Waals surface area contributed by atoms with E-state index in [0.29, 0.717) is 19.6 Å². The van der Waals surface area contributed by atoms with Gasteiger partial charge in [-0.1, -0.05) is 6.07 Å². The molecule has 1 saturated heterocycles. The Morgan fingerprint density at radius 3 is 2.70 bits per heavy atom. The number of carbonyl (C=O) groups excluding carboxylic acids is 1. The minimum absolute atomic E-state index is 0. The van der Waals surface area contributed by atoms with Crippen molar-refractivity contribution in [2.75, 3.05) is 71.5 Å². The number of guanidine groups is 1. The quantitative estimate of drug-likeness (QED) is 0.227. The molecule has 3 rings (SSSR count). The van der Waals surface area contributed by atoms with Crippen LogP contribution in [0, 0.1) is 5.92 Å². The molecule has 30 heavy (non-hydrogen) atoms. The predicted octanol–water partition coefficient (Wildman–Crippen LogP) is 1.67. The van der Waals surface area contributed by atoms with Gasteiger partial charge in [0.2, 0.25) is 5.91 Å². The summed E-state index contributed by atoms with van der Waals surface area (Å²) in [6.45, 7) is 6.07. The van der Waals surface area contributed by atoms with Crippen LogP contribution in [0.2, 0.25) is 0 Å². The van der Waals surface area contributed by atoms with Gasteiger partial charge in [0, 0.05) is 72.6 Å². The number of nitrogens with zero attached hydrogens (tertiary/aromatic N) is 5. The van der Waals surface area contributed by atoms with E-state index in [1.807, 2.05) is 41.2 Å². The van der Waals surface area contributed by atoms with Crippen LogP contribution in [0.25, 0.3) is 0 Å². The molecule has 1 aliphatic heterocycles. The van der Waals surface area contributed by atoms with E-state index >= 15 is 0 Å². The van der Waals surface area contributed by atoms with E-state index in [1.54, 1.807) is 7.05 Å². The summed E-state index contributed by atoms with van der Waals surface area (Å²) in [5.41, 5.74) is 0. The number of ether oxygens (including phenoxy) is 1. The molecule has 0 bridgehead atoms. The first kappa shape index (κ1) is 24.6.